The number of sulfonamides is 1. The highest BCUT2D eigenvalue weighted by Gasteiger charge is 2.55. The van der Waals surface area contributed by atoms with Crippen molar-refractivity contribution in [1.29, 1.82) is 0 Å². The largest absolute Gasteiger partial charge is 0.351 e. The molecule has 4 aliphatic rings. The van der Waals surface area contributed by atoms with Crippen LogP contribution in [0.3, 0.4) is 0 Å². The number of hydrogen-bond donors (Lipinski definition) is 2. The minimum absolute atomic E-state index is 0.0267. The van der Waals surface area contributed by atoms with Gasteiger partial charge in [0.25, 0.3) is 21.5 Å². The summed E-state index contributed by atoms with van der Waals surface area (Å²) in [6.45, 7) is 4.56. The number of para-hydroxylation sites is 1. The molecular formula is C30H34Cl2N4O4S. The van der Waals surface area contributed by atoms with Crippen molar-refractivity contribution in [1.82, 2.24) is 14.7 Å². The lowest BCUT2D eigenvalue weighted by Crippen LogP contribution is -2.54. The number of benzene rings is 2. The SMILES string of the molecule is Cc1c(NS(=O)(=O)c2cc(C(=O)NCC34CC5CC(CC(C)(C5)C3)C4)c(Cl)cc2Cl)c(=O)n(-c2ccccc2)n1C. The van der Waals surface area contributed by atoms with Gasteiger partial charge in [-0.05, 0) is 92.4 Å². The van der Waals surface area contributed by atoms with Crippen molar-refractivity contribution in [3.63, 3.8) is 0 Å². The van der Waals surface area contributed by atoms with Crippen molar-refractivity contribution in [2.45, 2.75) is 57.3 Å². The van der Waals surface area contributed by atoms with Crippen LogP contribution in [-0.4, -0.2) is 30.2 Å². The van der Waals surface area contributed by atoms with Gasteiger partial charge < -0.3 is 5.32 Å². The first-order chi connectivity index (χ1) is 19.3. The second kappa shape index (κ2) is 9.92. The maximum atomic E-state index is 13.6. The van der Waals surface area contributed by atoms with E-state index >= 15 is 0 Å². The first-order valence-electron chi connectivity index (χ1n) is 13.9. The van der Waals surface area contributed by atoms with Crippen molar-refractivity contribution < 1.29 is 13.2 Å². The minimum Gasteiger partial charge on any atom is -0.351 e. The third-order valence-corrected chi connectivity index (χ3v) is 11.6. The second-order valence-corrected chi connectivity index (χ2v) is 15.2. The molecule has 4 saturated carbocycles. The van der Waals surface area contributed by atoms with Gasteiger partial charge in [0.1, 0.15) is 10.6 Å². The second-order valence-electron chi connectivity index (χ2n) is 12.8. The number of carbonyl (C=O) groups excluding carboxylic acids is 1. The Labute approximate surface area is 250 Å². The molecule has 8 nitrogen and oxygen atoms in total. The third kappa shape index (κ3) is 5.00. The van der Waals surface area contributed by atoms with Crippen LogP contribution in [0.15, 0.2) is 52.2 Å². The van der Waals surface area contributed by atoms with Gasteiger partial charge in [-0.3, -0.25) is 19.0 Å². The summed E-state index contributed by atoms with van der Waals surface area (Å²) >= 11 is 12.8. The Balaban J connectivity index is 1.26. The molecule has 7 rings (SSSR count). The van der Waals surface area contributed by atoms with Crippen LogP contribution in [0, 0.1) is 29.6 Å². The molecule has 4 aliphatic carbocycles. The van der Waals surface area contributed by atoms with Crippen LogP contribution in [-0.2, 0) is 17.1 Å². The van der Waals surface area contributed by atoms with Crippen LogP contribution < -0.4 is 15.6 Å². The van der Waals surface area contributed by atoms with Crippen LogP contribution in [0.1, 0.15) is 61.5 Å². The van der Waals surface area contributed by atoms with E-state index < -0.39 is 21.5 Å². The molecule has 3 aromatic rings. The van der Waals surface area contributed by atoms with Gasteiger partial charge in [0, 0.05) is 13.6 Å². The average molecular weight is 618 g/mol. The molecule has 1 aromatic heterocycles. The van der Waals surface area contributed by atoms with E-state index in [4.69, 9.17) is 23.2 Å². The van der Waals surface area contributed by atoms with E-state index in [1.54, 1.807) is 42.9 Å². The number of aromatic nitrogens is 2. The number of halogens is 2. The monoisotopic (exact) mass is 616 g/mol. The number of nitrogens with one attached hydrogen (secondary N) is 2. The van der Waals surface area contributed by atoms with Crippen LogP contribution in [0.4, 0.5) is 5.69 Å². The van der Waals surface area contributed by atoms with Crippen LogP contribution in [0.2, 0.25) is 10.0 Å². The molecule has 1 amide bonds. The predicted octanol–water partition coefficient (Wildman–Crippen LogP) is 5.93. The average Bonchev–Trinajstić information content (AvgIpc) is 3.09. The highest BCUT2D eigenvalue weighted by molar-refractivity contribution is 7.92. The molecule has 2 atom stereocenters. The lowest BCUT2D eigenvalue weighted by Gasteiger charge is -2.61. The van der Waals surface area contributed by atoms with E-state index in [2.05, 4.69) is 17.0 Å². The molecule has 2 aromatic carbocycles. The van der Waals surface area contributed by atoms with Gasteiger partial charge in [-0.1, -0.05) is 48.3 Å². The van der Waals surface area contributed by atoms with Gasteiger partial charge in [0.15, 0.2) is 0 Å². The van der Waals surface area contributed by atoms with Gasteiger partial charge in [-0.15, -0.1) is 0 Å². The zero-order valence-corrected chi connectivity index (χ0v) is 25.7. The lowest BCUT2D eigenvalue weighted by molar-refractivity contribution is -0.0989. The summed E-state index contributed by atoms with van der Waals surface area (Å²) in [6, 6.07) is 11.4. The van der Waals surface area contributed by atoms with Gasteiger partial charge in [-0.25, -0.2) is 13.1 Å². The van der Waals surface area contributed by atoms with Crippen LogP contribution in [0.5, 0.6) is 0 Å². The summed E-state index contributed by atoms with van der Waals surface area (Å²) in [5, 5.41) is 2.98. The van der Waals surface area contributed by atoms with E-state index in [1.807, 2.05) is 6.07 Å². The summed E-state index contributed by atoms with van der Waals surface area (Å²) in [7, 11) is -2.68. The molecule has 0 aliphatic heterocycles. The van der Waals surface area contributed by atoms with E-state index in [0.717, 1.165) is 19.3 Å². The molecule has 11 heteroatoms. The number of hydrogen-bond acceptors (Lipinski definition) is 4. The summed E-state index contributed by atoms with van der Waals surface area (Å²) in [4.78, 5) is 26.4. The Kier molecular flexibility index (Phi) is 6.86. The number of amides is 1. The molecule has 0 saturated heterocycles. The van der Waals surface area contributed by atoms with E-state index in [-0.39, 0.29) is 31.6 Å². The van der Waals surface area contributed by atoms with Gasteiger partial charge in [-0.2, -0.15) is 0 Å². The molecule has 2 N–H and O–H groups in total. The molecule has 4 fully saturated rings. The first-order valence-corrected chi connectivity index (χ1v) is 16.2. The quantitative estimate of drug-likeness (QED) is 0.343. The van der Waals surface area contributed by atoms with Gasteiger partial charge in [0.05, 0.1) is 27.0 Å². The fourth-order valence-corrected chi connectivity index (χ4v) is 10.3. The molecule has 1 heterocycles. The number of nitrogens with zero attached hydrogens (tertiary/aromatic N) is 2. The van der Waals surface area contributed by atoms with Crippen molar-refractivity contribution >= 4 is 44.8 Å². The van der Waals surface area contributed by atoms with E-state index in [1.165, 1.54) is 36.1 Å². The zero-order chi connectivity index (χ0) is 29.3. The topological polar surface area (TPSA) is 102 Å². The normalized spacial score (nSPS) is 26.8. The maximum Gasteiger partial charge on any atom is 0.296 e. The minimum atomic E-state index is -4.35. The fourth-order valence-electron chi connectivity index (χ4n) is 8.28. The highest BCUT2D eigenvalue weighted by Crippen LogP contribution is 2.64. The summed E-state index contributed by atoms with van der Waals surface area (Å²) in [5.41, 5.74) is 0.802. The van der Waals surface area contributed by atoms with Crippen molar-refractivity contribution in [3.8, 4) is 5.69 Å². The standard InChI is InChI=1S/C30H34Cl2N4O4S/c1-18-26(28(38)36(35(18)3)21-7-5-4-6-8-21)34-41(39,40)25-10-22(23(31)11-24(25)32)27(37)33-17-30-14-19-9-20(15-30)13-29(2,12-19)16-30/h4-8,10-11,19-20,34H,9,12-17H2,1-3H3,(H,33,37). The van der Waals surface area contributed by atoms with Crippen molar-refractivity contribution in [2.24, 2.45) is 29.7 Å². The smallest absolute Gasteiger partial charge is 0.296 e. The predicted molar refractivity (Wildman–Crippen MR) is 161 cm³/mol. The maximum absolute atomic E-state index is 13.6. The molecule has 218 valence electrons. The van der Waals surface area contributed by atoms with Crippen LogP contribution >= 0.6 is 23.2 Å². The third-order valence-electron chi connectivity index (χ3n) is 9.45. The Hall–Kier alpha value is -2.75. The lowest BCUT2D eigenvalue weighted by atomic mass is 9.44. The van der Waals surface area contributed by atoms with E-state index in [0.29, 0.717) is 35.2 Å². The molecule has 0 spiro atoms. The van der Waals surface area contributed by atoms with Crippen molar-refractivity contribution in [3.05, 3.63) is 74.1 Å². The van der Waals surface area contributed by atoms with Crippen molar-refractivity contribution in [2.75, 3.05) is 11.3 Å². The number of carbonyl (C=O) groups is 1. The fraction of sp³-hybridized carbons (Fsp3) is 0.467. The summed E-state index contributed by atoms with van der Waals surface area (Å²) < 4.78 is 32.5. The summed E-state index contributed by atoms with van der Waals surface area (Å²) in [5.74, 6) is 0.993. The van der Waals surface area contributed by atoms with Crippen LogP contribution in [0.25, 0.3) is 5.69 Å². The zero-order valence-electron chi connectivity index (χ0n) is 23.3. The summed E-state index contributed by atoms with van der Waals surface area (Å²) in [6.07, 6.45) is 7.17. The Morgan fingerprint density at radius 1 is 1.05 bits per heavy atom. The molecule has 2 unspecified atom stereocenters. The molecule has 41 heavy (non-hydrogen) atoms. The Morgan fingerprint density at radius 3 is 2.34 bits per heavy atom. The van der Waals surface area contributed by atoms with Gasteiger partial charge in [0.2, 0.25) is 0 Å². The molecular weight excluding hydrogens is 583 g/mol. The van der Waals surface area contributed by atoms with E-state index in [9.17, 15) is 18.0 Å². The number of rotatable bonds is 7. The Morgan fingerprint density at radius 2 is 1.71 bits per heavy atom. The molecule has 4 bridgehead atoms. The Bertz CT molecular complexity index is 1700. The number of anilines is 1. The highest BCUT2D eigenvalue weighted by atomic mass is 35.5. The molecule has 0 radical (unpaired) electrons. The first kappa shape index (κ1) is 28.4. The van der Waals surface area contributed by atoms with Gasteiger partial charge >= 0.3 is 0 Å².